The quantitative estimate of drug-likeness (QED) is 0.776. The molecule has 0 amide bonds. The average Bonchev–Trinajstić information content (AvgIpc) is 2.19. The maximum absolute atomic E-state index is 10.3. The van der Waals surface area contributed by atoms with Crippen molar-refractivity contribution >= 4 is 5.97 Å². The van der Waals surface area contributed by atoms with E-state index in [1.165, 1.54) is 0 Å². The highest BCUT2D eigenvalue weighted by molar-refractivity contribution is 5.79. The van der Waals surface area contributed by atoms with Crippen molar-refractivity contribution in [3.05, 3.63) is 42.0 Å². The Morgan fingerprint density at radius 3 is 2.50 bits per heavy atom. The maximum atomic E-state index is 10.3. The Morgan fingerprint density at radius 1 is 1.38 bits per heavy atom. The summed E-state index contributed by atoms with van der Waals surface area (Å²) in [5.41, 5.74) is 1.06. The first-order valence-electron chi connectivity index (χ1n) is 5.23. The summed E-state index contributed by atoms with van der Waals surface area (Å²) >= 11 is 0. The molecule has 0 unspecified atom stereocenters. The fourth-order valence-electron chi connectivity index (χ4n) is 1.27. The first-order valence-corrected chi connectivity index (χ1v) is 5.23. The third-order valence-electron chi connectivity index (χ3n) is 1.91. The van der Waals surface area contributed by atoms with Crippen LogP contribution in [0, 0.1) is 0 Å². The standard InChI is InChI=1S/C13H16O3/c1-10(2)16-12-8-6-11(7-9-12)4-3-5-13(14)15/h3,5-10H,4H2,1-2H3,(H,14,15)/b5-3+. The van der Waals surface area contributed by atoms with Crippen LogP contribution < -0.4 is 4.74 Å². The minimum atomic E-state index is -0.917. The molecule has 0 heterocycles. The van der Waals surface area contributed by atoms with E-state index in [9.17, 15) is 4.79 Å². The van der Waals surface area contributed by atoms with Gasteiger partial charge < -0.3 is 9.84 Å². The Labute approximate surface area is 95.4 Å². The molecule has 0 aromatic heterocycles. The number of hydrogen-bond acceptors (Lipinski definition) is 2. The highest BCUT2D eigenvalue weighted by Crippen LogP contribution is 2.14. The van der Waals surface area contributed by atoms with Gasteiger partial charge in [-0.25, -0.2) is 4.79 Å². The Balaban J connectivity index is 2.54. The molecule has 0 aliphatic rings. The van der Waals surface area contributed by atoms with Gasteiger partial charge in [-0.15, -0.1) is 0 Å². The molecule has 0 aliphatic carbocycles. The van der Waals surface area contributed by atoms with Crippen LogP contribution in [0.25, 0.3) is 0 Å². The zero-order valence-corrected chi connectivity index (χ0v) is 9.51. The summed E-state index contributed by atoms with van der Waals surface area (Å²) in [6.45, 7) is 3.95. The molecule has 1 aromatic rings. The second-order valence-corrected chi connectivity index (χ2v) is 3.76. The molecule has 0 radical (unpaired) electrons. The molecule has 1 N–H and O–H groups in total. The number of carboxylic acid groups (broad SMARTS) is 1. The van der Waals surface area contributed by atoms with Gasteiger partial charge in [0.1, 0.15) is 5.75 Å². The third-order valence-corrected chi connectivity index (χ3v) is 1.91. The van der Waals surface area contributed by atoms with Gasteiger partial charge >= 0.3 is 5.97 Å². The predicted octanol–water partition coefficient (Wildman–Crippen LogP) is 2.66. The molecule has 3 nitrogen and oxygen atoms in total. The first-order chi connectivity index (χ1) is 7.58. The van der Waals surface area contributed by atoms with Gasteiger partial charge in [0, 0.05) is 6.08 Å². The molecule has 86 valence electrons. The van der Waals surface area contributed by atoms with E-state index in [1.807, 2.05) is 38.1 Å². The van der Waals surface area contributed by atoms with Crippen LogP contribution in [0.15, 0.2) is 36.4 Å². The van der Waals surface area contributed by atoms with Crippen LogP contribution in [-0.4, -0.2) is 17.2 Å². The molecule has 0 aliphatic heterocycles. The number of benzene rings is 1. The fraction of sp³-hybridized carbons (Fsp3) is 0.308. The molecule has 1 rings (SSSR count). The maximum Gasteiger partial charge on any atom is 0.327 e. The van der Waals surface area contributed by atoms with Gasteiger partial charge in [0.05, 0.1) is 6.10 Å². The second-order valence-electron chi connectivity index (χ2n) is 3.76. The van der Waals surface area contributed by atoms with Crippen molar-refractivity contribution in [2.75, 3.05) is 0 Å². The highest BCUT2D eigenvalue weighted by Gasteiger charge is 1.97. The van der Waals surface area contributed by atoms with Crippen LogP contribution in [0.5, 0.6) is 5.75 Å². The van der Waals surface area contributed by atoms with Gasteiger partial charge in [0.25, 0.3) is 0 Å². The van der Waals surface area contributed by atoms with Crippen LogP contribution in [0.2, 0.25) is 0 Å². The first kappa shape index (κ1) is 12.3. The van der Waals surface area contributed by atoms with Crippen molar-refractivity contribution < 1.29 is 14.6 Å². The van der Waals surface area contributed by atoms with E-state index in [2.05, 4.69) is 0 Å². The van der Waals surface area contributed by atoms with E-state index in [0.717, 1.165) is 17.4 Å². The van der Waals surface area contributed by atoms with Crippen LogP contribution in [-0.2, 0) is 11.2 Å². The van der Waals surface area contributed by atoms with Crippen LogP contribution in [0.4, 0.5) is 0 Å². The Bertz CT molecular complexity index is 363. The fourth-order valence-corrected chi connectivity index (χ4v) is 1.27. The van der Waals surface area contributed by atoms with Crippen molar-refractivity contribution in [3.8, 4) is 5.75 Å². The summed E-state index contributed by atoms with van der Waals surface area (Å²) in [6, 6.07) is 7.65. The van der Waals surface area contributed by atoms with Gasteiger partial charge in [-0.2, -0.15) is 0 Å². The number of aliphatic carboxylic acids is 1. The van der Waals surface area contributed by atoms with Gasteiger partial charge in [-0.05, 0) is 38.0 Å². The number of rotatable bonds is 5. The van der Waals surface area contributed by atoms with Crippen molar-refractivity contribution in [1.29, 1.82) is 0 Å². The number of hydrogen-bond donors (Lipinski definition) is 1. The molecule has 0 spiro atoms. The van der Waals surface area contributed by atoms with E-state index in [4.69, 9.17) is 9.84 Å². The molecule has 1 aromatic carbocycles. The van der Waals surface area contributed by atoms with Crippen molar-refractivity contribution in [2.45, 2.75) is 26.4 Å². The van der Waals surface area contributed by atoms with Crippen LogP contribution >= 0.6 is 0 Å². The number of allylic oxidation sites excluding steroid dienone is 1. The molecule has 0 bridgehead atoms. The minimum absolute atomic E-state index is 0.165. The smallest absolute Gasteiger partial charge is 0.327 e. The molecule has 0 atom stereocenters. The zero-order valence-electron chi connectivity index (χ0n) is 9.51. The van der Waals surface area contributed by atoms with Gasteiger partial charge in [-0.3, -0.25) is 0 Å². The Kier molecular flexibility index (Phi) is 4.58. The lowest BCUT2D eigenvalue weighted by Crippen LogP contribution is -2.05. The third kappa shape index (κ3) is 4.64. The van der Waals surface area contributed by atoms with Gasteiger partial charge in [0.2, 0.25) is 0 Å². The van der Waals surface area contributed by atoms with E-state index >= 15 is 0 Å². The topological polar surface area (TPSA) is 46.5 Å². The summed E-state index contributed by atoms with van der Waals surface area (Å²) in [5, 5.41) is 8.43. The largest absolute Gasteiger partial charge is 0.491 e. The molecule has 0 saturated heterocycles. The second kappa shape index (κ2) is 5.95. The average molecular weight is 220 g/mol. The predicted molar refractivity (Wildman–Crippen MR) is 62.7 cm³/mol. The van der Waals surface area contributed by atoms with Crippen LogP contribution in [0.3, 0.4) is 0 Å². The summed E-state index contributed by atoms with van der Waals surface area (Å²) < 4.78 is 5.50. The highest BCUT2D eigenvalue weighted by atomic mass is 16.5. The molecular formula is C13H16O3. The van der Waals surface area contributed by atoms with E-state index < -0.39 is 5.97 Å². The van der Waals surface area contributed by atoms with Crippen molar-refractivity contribution in [2.24, 2.45) is 0 Å². The lowest BCUT2D eigenvalue weighted by molar-refractivity contribution is -0.131. The summed E-state index contributed by atoms with van der Waals surface area (Å²) in [7, 11) is 0. The summed E-state index contributed by atoms with van der Waals surface area (Å²) in [4.78, 5) is 10.3. The van der Waals surface area contributed by atoms with Crippen molar-refractivity contribution in [3.63, 3.8) is 0 Å². The Morgan fingerprint density at radius 2 is 2.00 bits per heavy atom. The summed E-state index contributed by atoms with van der Waals surface area (Å²) in [6.07, 6.45) is 3.56. The Hall–Kier alpha value is -1.77. The number of carbonyl (C=O) groups is 1. The lowest BCUT2D eigenvalue weighted by atomic mass is 10.1. The SMILES string of the molecule is CC(C)Oc1ccc(C/C=C/C(=O)O)cc1. The number of ether oxygens (including phenoxy) is 1. The minimum Gasteiger partial charge on any atom is -0.491 e. The van der Waals surface area contributed by atoms with E-state index in [1.54, 1.807) is 6.08 Å². The number of carboxylic acids is 1. The van der Waals surface area contributed by atoms with Crippen LogP contribution in [0.1, 0.15) is 19.4 Å². The molecule has 0 saturated carbocycles. The van der Waals surface area contributed by atoms with Gasteiger partial charge in [0.15, 0.2) is 0 Å². The zero-order chi connectivity index (χ0) is 12.0. The van der Waals surface area contributed by atoms with E-state index in [-0.39, 0.29) is 6.10 Å². The van der Waals surface area contributed by atoms with Gasteiger partial charge in [-0.1, -0.05) is 18.2 Å². The monoisotopic (exact) mass is 220 g/mol. The molecular weight excluding hydrogens is 204 g/mol. The molecule has 0 fully saturated rings. The summed E-state index contributed by atoms with van der Waals surface area (Å²) in [5.74, 6) is -0.0827. The lowest BCUT2D eigenvalue weighted by Gasteiger charge is -2.09. The van der Waals surface area contributed by atoms with E-state index in [0.29, 0.717) is 6.42 Å². The normalized spacial score (nSPS) is 10.9. The molecule has 16 heavy (non-hydrogen) atoms. The van der Waals surface area contributed by atoms with Crippen molar-refractivity contribution in [1.82, 2.24) is 0 Å². The molecule has 3 heteroatoms.